The van der Waals surface area contributed by atoms with E-state index in [1.165, 1.54) is 30.6 Å². The highest BCUT2D eigenvalue weighted by Gasteiger charge is 2.38. The molecule has 4 atom stereocenters. The fourth-order valence-electron chi connectivity index (χ4n) is 4.04. The number of rotatable bonds is 10. The molecule has 0 bridgehead atoms. The van der Waals surface area contributed by atoms with E-state index >= 15 is 0 Å². The quantitative estimate of drug-likeness (QED) is 0.479. The first-order valence-electron chi connectivity index (χ1n) is 11.4. The molecule has 2 aromatic rings. The Morgan fingerprint density at radius 1 is 1.12 bits per heavy atom. The SMILES string of the molecule is CCCCCCCOc1ccc(-c2cc3c(o2)=NC(O)N([C@H]2C[C@H](O)[C@@H](CO)O2)C=3)cc1. The van der Waals surface area contributed by atoms with Gasteiger partial charge in [0.15, 0.2) is 0 Å². The molecule has 1 fully saturated rings. The van der Waals surface area contributed by atoms with Gasteiger partial charge < -0.3 is 34.1 Å². The summed E-state index contributed by atoms with van der Waals surface area (Å²) < 4.78 is 17.3. The van der Waals surface area contributed by atoms with Crippen LogP contribution in [0.5, 0.6) is 5.75 Å². The van der Waals surface area contributed by atoms with E-state index < -0.39 is 24.8 Å². The highest BCUT2D eigenvalue weighted by atomic mass is 16.5. The molecule has 1 aromatic carbocycles. The van der Waals surface area contributed by atoms with Crippen molar-refractivity contribution < 1.29 is 29.2 Å². The maximum atomic E-state index is 10.4. The summed E-state index contributed by atoms with van der Waals surface area (Å²) in [6, 6.07) is 9.58. The van der Waals surface area contributed by atoms with Crippen LogP contribution < -0.4 is 15.5 Å². The van der Waals surface area contributed by atoms with Gasteiger partial charge in [-0.2, -0.15) is 4.99 Å². The number of ether oxygens (including phenoxy) is 2. The predicted octanol–water partition coefficient (Wildman–Crippen LogP) is 1.71. The van der Waals surface area contributed by atoms with Crippen LogP contribution in [0.1, 0.15) is 45.4 Å². The van der Waals surface area contributed by atoms with Crippen LogP contribution in [0, 0.1) is 0 Å². The van der Waals surface area contributed by atoms with Gasteiger partial charge in [-0.25, -0.2) is 0 Å². The van der Waals surface area contributed by atoms with Crippen LogP contribution >= 0.6 is 0 Å². The maximum absolute atomic E-state index is 10.4. The van der Waals surface area contributed by atoms with E-state index in [-0.39, 0.29) is 13.0 Å². The standard InChI is InChI=1S/C24H32N2O6/c1-2-3-4-5-6-11-30-18-9-7-16(8-10-18)20-12-17-14-26(24(29)25-23(17)32-20)22-13-19(28)21(15-27)31-22/h7-10,12,14,19,21-22,24,27-29H,2-6,11,13,15H2,1H3/t19-,21+,22+,24?/m0/s1. The monoisotopic (exact) mass is 444 g/mol. The minimum Gasteiger partial charge on any atom is -0.494 e. The molecule has 0 amide bonds. The molecule has 1 saturated heterocycles. The number of aliphatic hydroxyl groups is 3. The second-order valence-electron chi connectivity index (χ2n) is 8.32. The normalized spacial score (nSPS) is 24.7. The molecule has 0 saturated carbocycles. The molecule has 0 aliphatic carbocycles. The highest BCUT2D eigenvalue weighted by Crippen LogP contribution is 2.26. The number of hydrogen-bond donors (Lipinski definition) is 3. The van der Waals surface area contributed by atoms with Crippen LogP contribution in [0.15, 0.2) is 39.7 Å². The molecule has 8 heteroatoms. The average Bonchev–Trinajstić information content (AvgIpc) is 3.38. The molecule has 1 unspecified atom stereocenters. The second kappa shape index (κ2) is 10.5. The Morgan fingerprint density at radius 2 is 1.91 bits per heavy atom. The summed E-state index contributed by atoms with van der Waals surface area (Å²) in [6.45, 7) is 2.65. The lowest BCUT2D eigenvalue weighted by Gasteiger charge is -2.30. The van der Waals surface area contributed by atoms with Crippen molar-refractivity contribution >= 4 is 6.20 Å². The van der Waals surface area contributed by atoms with Gasteiger partial charge in [0.05, 0.1) is 24.5 Å². The van der Waals surface area contributed by atoms with E-state index in [4.69, 9.17) is 13.9 Å². The first-order chi connectivity index (χ1) is 15.6. The van der Waals surface area contributed by atoms with E-state index in [0.717, 1.165) is 24.3 Å². The molecule has 0 spiro atoms. The maximum Gasteiger partial charge on any atom is 0.230 e. The molecule has 32 heavy (non-hydrogen) atoms. The number of nitrogens with zero attached hydrogens (tertiary/aromatic N) is 2. The summed E-state index contributed by atoms with van der Waals surface area (Å²) in [5, 5.41) is 30.4. The minimum atomic E-state index is -1.19. The minimum absolute atomic E-state index is 0.272. The lowest BCUT2D eigenvalue weighted by molar-refractivity contribution is -0.103. The van der Waals surface area contributed by atoms with Crippen LogP contribution in [0.25, 0.3) is 17.5 Å². The van der Waals surface area contributed by atoms with Crippen molar-refractivity contribution in [2.75, 3.05) is 13.2 Å². The van der Waals surface area contributed by atoms with Gasteiger partial charge >= 0.3 is 0 Å². The fourth-order valence-corrected chi connectivity index (χ4v) is 4.04. The zero-order valence-corrected chi connectivity index (χ0v) is 18.4. The Hall–Kier alpha value is -2.39. The predicted molar refractivity (Wildman–Crippen MR) is 118 cm³/mol. The third kappa shape index (κ3) is 5.15. The van der Waals surface area contributed by atoms with E-state index in [9.17, 15) is 15.3 Å². The van der Waals surface area contributed by atoms with Gasteiger partial charge in [0.25, 0.3) is 0 Å². The van der Waals surface area contributed by atoms with E-state index in [2.05, 4.69) is 11.9 Å². The van der Waals surface area contributed by atoms with Gasteiger partial charge in [-0.1, -0.05) is 32.6 Å². The van der Waals surface area contributed by atoms with Crippen molar-refractivity contribution in [1.82, 2.24) is 4.90 Å². The summed E-state index contributed by atoms with van der Waals surface area (Å²) in [7, 11) is 0. The van der Waals surface area contributed by atoms with E-state index in [1.807, 2.05) is 30.3 Å². The van der Waals surface area contributed by atoms with Gasteiger partial charge in [0, 0.05) is 18.2 Å². The lowest BCUT2D eigenvalue weighted by atomic mass is 10.1. The van der Waals surface area contributed by atoms with Gasteiger partial charge in [0.2, 0.25) is 11.9 Å². The fraction of sp³-hybridized carbons (Fsp3) is 0.542. The lowest BCUT2D eigenvalue weighted by Crippen LogP contribution is -2.45. The molecule has 3 heterocycles. The summed E-state index contributed by atoms with van der Waals surface area (Å²) in [5.74, 6) is 1.46. The van der Waals surface area contributed by atoms with Crippen molar-refractivity contribution in [3.63, 3.8) is 0 Å². The van der Waals surface area contributed by atoms with Gasteiger partial charge in [-0.15, -0.1) is 0 Å². The van der Waals surface area contributed by atoms with Gasteiger partial charge in [-0.3, -0.25) is 0 Å². The van der Waals surface area contributed by atoms with Crippen molar-refractivity contribution in [2.24, 2.45) is 4.99 Å². The van der Waals surface area contributed by atoms with Crippen LogP contribution in [0.2, 0.25) is 0 Å². The van der Waals surface area contributed by atoms with Crippen LogP contribution in [-0.2, 0) is 4.74 Å². The number of aliphatic hydroxyl groups excluding tert-OH is 3. The van der Waals surface area contributed by atoms with E-state index in [0.29, 0.717) is 16.5 Å². The molecule has 3 N–H and O–H groups in total. The molecule has 2 aliphatic heterocycles. The van der Waals surface area contributed by atoms with Crippen LogP contribution in [-0.4, -0.2) is 58.2 Å². The van der Waals surface area contributed by atoms with Crippen molar-refractivity contribution in [1.29, 1.82) is 0 Å². The van der Waals surface area contributed by atoms with Crippen LogP contribution in [0.3, 0.4) is 0 Å². The van der Waals surface area contributed by atoms with Gasteiger partial charge in [0.1, 0.15) is 23.8 Å². The zero-order valence-electron chi connectivity index (χ0n) is 18.4. The Labute approximate surface area is 187 Å². The molecule has 0 radical (unpaired) electrons. The summed E-state index contributed by atoms with van der Waals surface area (Å²) >= 11 is 0. The molecule has 1 aromatic heterocycles. The van der Waals surface area contributed by atoms with Gasteiger partial charge in [-0.05, 0) is 36.8 Å². The van der Waals surface area contributed by atoms with Crippen molar-refractivity contribution in [3.05, 3.63) is 41.1 Å². The van der Waals surface area contributed by atoms with E-state index in [1.54, 1.807) is 6.20 Å². The molecule has 8 nitrogen and oxygen atoms in total. The number of fused-ring (bicyclic) bond motifs is 1. The zero-order chi connectivity index (χ0) is 22.5. The van der Waals surface area contributed by atoms with Crippen molar-refractivity contribution in [2.45, 2.75) is 70.2 Å². The van der Waals surface area contributed by atoms with Crippen molar-refractivity contribution in [3.8, 4) is 17.1 Å². The van der Waals surface area contributed by atoms with Crippen LogP contribution in [0.4, 0.5) is 0 Å². The Morgan fingerprint density at radius 3 is 2.62 bits per heavy atom. The summed E-state index contributed by atoms with van der Waals surface area (Å²) in [6.07, 6.45) is 4.79. The molecular weight excluding hydrogens is 412 g/mol. The Bertz CT molecular complexity index is 989. The highest BCUT2D eigenvalue weighted by molar-refractivity contribution is 5.58. The molecular formula is C24H32N2O6. The molecule has 174 valence electrons. The topological polar surface area (TPSA) is 108 Å². The first kappa shape index (κ1) is 22.8. The third-order valence-corrected chi connectivity index (χ3v) is 5.90. The average molecular weight is 445 g/mol. The summed E-state index contributed by atoms with van der Waals surface area (Å²) in [4.78, 5) is 5.74. The number of unbranched alkanes of at least 4 members (excludes halogenated alkanes) is 4. The number of benzene rings is 1. The first-order valence-corrected chi connectivity index (χ1v) is 11.4. The number of hydrogen-bond acceptors (Lipinski definition) is 8. The Kier molecular flexibility index (Phi) is 7.47. The largest absolute Gasteiger partial charge is 0.494 e. The summed E-state index contributed by atoms with van der Waals surface area (Å²) in [5.41, 5.74) is 1.22. The number of furan rings is 1. The second-order valence-corrected chi connectivity index (χ2v) is 8.32. The Balaban J connectivity index is 1.41. The third-order valence-electron chi connectivity index (χ3n) is 5.90. The molecule has 4 rings (SSSR count). The molecule has 2 aliphatic rings. The smallest absolute Gasteiger partial charge is 0.230 e.